The molecule has 0 saturated carbocycles. The van der Waals surface area contributed by atoms with Crippen molar-refractivity contribution >= 4 is 22.5 Å². The first kappa shape index (κ1) is 12.1. The second-order valence-electron chi connectivity index (χ2n) is 4.24. The lowest BCUT2D eigenvalue weighted by Crippen LogP contribution is -2.14. The van der Waals surface area contributed by atoms with Gasteiger partial charge in [0.05, 0.1) is 5.56 Å². The Morgan fingerprint density at radius 3 is 2.70 bits per heavy atom. The van der Waals surface area contributed by atoms with Crippen LogP contribution in [-0.2, 0) is 0 Å². The Labute approximate surface area is 114 Å². The number of carbonyl (C=O) groups is 1. The fourth-order valence-corrected chi connectivity index (χ4v) is 2.05. The quantitative estimate of drug-likeness (QED) is 0.746. The highest BCUT2D eigenvalue weighted by Gasteiger charge is 2.15. The van der Waals surface area contributed by atoms with E-state index in [1.165, 1.54) is 12.3 Å². The molecule has 0 radical (unpaired) electrons. The third kappa shape index (κ3) is 2.16. The Kier molecular flexibility index (Phi) is 3.01. The summed E-state index contributed by atoms with van der Waals surface area (Å²) in [5, 5.41) is 21.6. The summed E-state index contributed by atoms with van der Waals surface area (Å²) in [5.74, 6) is -0.144. The van der Waals surface area contributed by atoms with E-state index in [4.69, 9.17) is 0 Å². The fraction of sp³-hybridized carbons (Fsp3) is 0. The number of hydrogen-bond donors (Lipinski definition) is 2. The molecule has 1 amide bonds. The maximum atomic E-state index is 12.3. The predicted octanol–water partition coefficient (Wildman–Crippen LogP) is 2.59. The molecule has 0 aliphatic heterocycles. The van der Waals surface area contributed by atoms with Crippen LogP contribution in [0.4, 0.5) is 5.82 Å². The first-order valence-electron chi connectivity index (χ1n) is 6.05. The van der Waals surface area contributed by atoms with E-state index >= 15 is 0 Å². The molecule has 0 saturated heterocycles. The van der Waals surface area contributed by atoms with Gasteiger partial charge in [-0.2, -0.15) is 5.10 Å². The lowest BCUT2D eigenvalue weighted by molar-refractivity contribution is 0.102. The lowest BCUT2D eigenvalue weighted by atomic mass is 10.0. The number of benzene rings is 2. The van der Waals surface area contributed by atoms with Gasteiger partial charge in [0.2, 0.25) is 0 Å². The van der Waals surface area contributed by atoms with Crippen LogP contribution in [0.3, 0.4) is 0 Å². The van der Waals surface area contributed by atoms with Gasteiger partial charge in [-0.05, 0) is 29.0 Å². The van der Waals surface area contributed by atoms with Gasteiger partial charge in [-0.25, -0.2) is 0 Å². The van der Waals surface area contributed by atoms with Gasteiger partial charge < -0.3 is 10.4 Å². The molecule has 2 aromatic carbocycles. The van der Waals surface area contributed by atoms with Gasteiger partial charge in [-0.3, -0.25) is 4.79 Å². The number of nitrogens with one attached hydrogen (secondary N) is 1. The number of aromatic hydroxyl groups is 1. The summed E-state index contributed by atoms with van der Waals surface area (Å²) in [5.41, 5.74) is 0.230. The van der Waals surface area contributed by atoms with E-state index in [0.717, 1.165) is 5.39 Å². The van der Waals surface area contributed by atoms with Gasteiger partial charge in [0.25, 0.3) is 5.91 Å². The molecular weight excluding hydrogens is 254 g/mol. The Morgan fingerprint density at radius 2 is 1.90 bits per heavy atom. The van der Waals surface area contributed by atoms with Crippen molar-refractivity contribution in [2.75, 3.05) is 5.32 Å². The molecule has 3 aromatic rings. The van der Waals surface area contributed by atoms with E-state index < -0.39 is 5.91 Å². The van der Waals surface area contributed by atoms with Crippen LogP contribution in [0.1, 0.15) is 10.4 Å². The summed E-state index contributed by atoms with van der Waals surface area (Å²) in [6.07, 6.45) is 1.52. The van der Waals surface area contributed by atoms with Gasteiger partial charge in [-0.1, -0.05) is 30.3 Å². The molecule has 1 heterocycles. The molecule has 3 rings (SSSR count). The number of aromatic nitrogens is 2. The number of hydrogen-bond acceptors (Lipinski definition) is 4. The monoisotopic (exact) mass is 265 g/mol. The van der Waals surface area contributed by atoms with E-state index in [2.05, 4.69) is 15.5 Å². The van der Waals surface area contributed by atoms with Crippen molar-refractivity contribution in [2.45, 2.75) is 0 Å². The van der Waals surface area contributed by atoms with Crippen molar-refractivity contribution in [3.8, 4) is 5.75 Å². The van der Waals surface area contributed by atoms with Crippen molar-refractivity contribution in [2.24, 2.45) is 0 Å². The summed E-state index contributed by atoms with van der Waals surface area (Å²) in [7, 11) is 0. The number of phenolic OH excluding ortho intramolecular Hbond substituents is 1. The number of phenols is 1. The molecule has 5 heteroatoms. The lowest BCUT2D eigenvalue weighted by Gasteiger charge is -2.09. The molecule has 0 unspecified atom stereocenters. The van der Waals surface area contributed by atoms with Gasteiger partial charge in [0, 0.05) is 6.20 Å². The van der Waals surface area contributed by atoms with Crippen LogP contribution in [-0.4, -0.2) is 21.2 Å². The standard InChI is InChI=1S/C15H11N3O2/c19-12-8-7-10-4-1-2-5-11(10)14(12)15(20)17-13-6-3-9-16-18-13/h1-9,19H,(H,17,18,20). The number of amides is 1. The van der Waals surface area contributed by atoms with Crippen molar-refractivity contribution in [3.63, 3.8) is 0 Å². The topological polar surface area (TPSA) is 75.1 Å². The highest BCUT2D eigenvalue weighted by molar-refractivity contribution is 6.14. The van der Waals surface area contributed by atoms with Crippen molar-refractivity contribution < 1.29 is 9.90 Å². The highest BCUT2D eigenvalue weighted by atomic mass is 16.3. The number of rotatable bonds is 2. The molecule has 20 heavy (non-hydrogen) atoms. The third-order valence-corrected chi connectivity index (χ3v) is 2.95. The highest BCUT2D eigenvalue weighted by Crippen LogP contribution is 2.27. The van der Waals surface area contributed by atoms with Gasteiger partial charge >= 0.3 is 0 Å². The van der Waals surface area contributed by atoms with E-state index in [-0.39, 0.29) is 11.3 Å². The molecule has 0 atom stereocenters. The maximum absolute atomic E-state index is 12.3. The van der Waals surface area contributed by atoms with Crippen molar-refractivity contribution in [3.05, 3.63) is 60.3 Å². The molecule has 0 bridgehead atoms. The summed E-state index contributed by atoms with van der Waals surface area (Å²) in [4.78, 5) is 12.3. The molecule has 0 aliphatic carbocycles. The first-order valence-corrected chi connectivity index (χ1v) is 6.05. The molecule has 98 valence electrons. The minimum atomic E-state index is -0.417. The van der Waals surface area contributed by atoms with E-state index in [1.807, 2.05) is 18.2 Å². The van der Waals surface area contributed by atoms with Crippen LogP contribution >= 0.6 is 0 Å². The largest absolute Gasteiger partial charge is 0.507 e. The van der Waals surface area contributed by atoms with E-state index in [1.54, 1.807) is 24.3 Å². The smallest absolute Gasteiger partial charge is 0.261 e. The zero-order valence-electron chi connectivity index (χ0n) is 10.4. The van der Waals surface area contributed by atoms with Crippen LogP contribution in [0.2, 0.25) is 0 Å². The van der Waals surface area contributed by atoms with Crippen LogP contribution in [0, 0.1) is 0 Å². The maximum Gasteiger partial charge on any atom is 0.261 e. The second kappa shape index (κ2) is 4.97. The first-order chi connectivity index (χ1) is 9.75. The molecule has 0 fully saturated rings. The van der Waals surface area contributed by atoms with Crippen molar-refractivity contribution in [1.82, 2.24) is 10.2 Å². The van der Waals surface area contributed by atoms with Crippen LogP contribution in [0.25, 0.3) is 10.8 Å². The van der Waals surface area contributed by atoms with Gasteiger partial charge in [0.1, 0.15) is 5.75 Å². The minimum Gasteiger partial charge on any atom is -0.507 e. The van der Waals surface area contributed by atoms with Crippen LogP contribution < -0.4 is 5.32 Å². The Morgan fingerprint density at radius 1 is 1.05 bits per heavy atom. The number of nitrogens with zero attached hydrogens (tertiary/aromatic N) is 2. The summed E-state index contributed by atoms with van der Waals surface area (Å²) in [6, 6.07) is 14.0. The van der Waals surface area contributed by atoms with Crippen molar-refractivity contribution in [1.29, 1.82) is 0 Å². The number of carbonyl (C=O) groups excluding carboxylic acids is 1. The fourth-order valence-electron chi connectivity index (χ4n) is 2.05. The summed E-state index contributed by atoms with van der Waals surface area (Å²) >= 11 is 0. The Hall–Kier alpha value is -2.95. The minimum absolute atomic E-state index is 0.0647. The average molecular weight is 265 g/mol. The Balaban J connectivity index is 2.05. The molecule has 0 spiro atoms. The molecule has 2 N–H and O–H groups in total. The van der Waals surface area contributed by atoms with E-state index in [9.17, 15) is 9.90 Å². The Bertz CT molecular complexity index is 772. The SMILES string of the molecule is O=C(Nc1cccnn1)c1c(O)ccc2ccccc12. The zero-order valence-corrected chi connectivity index (χ0v) is 10.4. The van der Waals surface area contributed by atoms with Gasteiger partial charge in [-0.15, -0.1) is 5.10 Å². The second-order valence-corrected chi connectivity index (χ2v) is 4.24. The molecule has 5 nitrogen and oxygen atoms in total. The normalized spacial score (nSPS) is 10.4. The molecule has 0 aliphatic rings. The van der Waals surface area contributed by atoms with Crippen LogP contribution in [0.5, 0.6) is 5.75 Å². The summed E-state index contributed by atoms with van der Waals surface area (Å²) < 4.78 is 0. The van der Waals surface area contributed by atoms with E-state index in [0.29, 0.717) is 11.2 Å². The number of anilines is 1. The summed E-state index contributed by atoms with van der Waals surface area (Å²) in [6.45, 7) is 0. The number of fused-ring (bicyclic) bond motifs is 1. The molecular formula is C15H11N3O2. The average Bonchev–Trinajstić information content (AvgIpc) is 2.48. The predicted molar refractivity (Wildman–Crippen MR) is 75.6 cm³/mol. The van der Waals surface area contributed by atoms with Gasteiger partial charge in [0.15, 0.2) is 5.82 Å². The van der Waals surface area contributed by atoms with Crippen LogP contribution in [0.15, 0.2) is 54.7 Å². The third-order valence-electron chi connectivity index (χ3n) is 2.95. The molecule has 1 aromatic heterocycles. The zero-order chi connectivity index (χ0) is 13.9.